The number of aryl methyl sites for hydroxylation is 1. The number of thiazole rings is 1. The van der Waals surface area contributed by atoms with E-state index in [4.69, 9.17) is 14.5 Å². The molecule has 5 aromatic rings. The highest BCUT2D eigenvalue weighted by atomic mass is 32.1. The van der Waals surface area contributed by atoms with Crippen molar-refractivity contribution in [1.82, 2.24) is 24.8 Å². The highest BCUT2D eigenvalue weighted by Crippen LogP contribution is 2.40. The van der Waals surface area contributed by atoms with E-state index in [1.807, 2.05) is 51.1 Å². The van der Waals surface area contributed by atoms with Crippen LogP contribution < -0.4 is 25.7 Å². The van der Waals surface area contributed by atoms with Crippen LogP contribution in [0, 0.1) is 6.92 Å². The Hall–Kier alpha value is -4.61. The lowest BCUT2D eigenvalue weighted by Crippen LogP contribution is -2.50. The van der Waals surface area contributed by atoms with E-state index < -0.39 is 11.6 Å². The highest BCUT2D eigenvalue weighted by molar-refractivity contribution is 7.10. The Morgan fingerprint density at radius 1 is 1.09 bits per heavy atom. The Kier molecular flexibility index (Phi) is 6.71. The first-order valence-electron chi connectivity index (χ1n) is 14.2. The van der Waals surface area contributed by atoms with Crippen LogP contribution in [0.2, 0.25) is 0 Å². The van der Waals surface area contributed by atoms with Gasteiger partial charge in [0, 0.05) is 28.7 Å². The monoisotopic (exact) mass is 594 g/mol. The van der Waals surface area contributed by atoms with E-state index in [1.165, 1.54) is 15.9 Å². The molecule has 0 bridgehead atoms. The Labute approximate surface area is 251 Å². The van der Waals surface area contributed by atoms with Crippen LogP contribution >= 0.6 is 11.3 Å². The van der Waals surface area contributed by atoms with Gasteiger partial charge in [0.2, 0.25) is 5.95 Å². The molecule has 2 aromatic carbocycles. The van der Waals surface area contributed by atoms with Crippen LogP contribution in [0.4, 0.5) is 11.6 Å². The van der Waals surface area contributed by atoms with Crippen molar-refractivity contribution in [2.24, 2.45) is 0 Å². The van der Waals surface area contributed by atoms with Gasteiger partial charge in [-0.3, -0.25) is 14.2 Å². The summed E-state index contributed by atoms with van der Waals surface area (Å²) in [6, 6.07) is 15.5. The minimum atomic E-state index is -1.05. The molecule has 0 amide bonds. The fraction of sp³-hybridized carbons (Fsp3) is 0.281. The molecule has 0 aliphatic carbocycles. The van der Waals surface area contributed by atoms with Crippen LogP contribution in [0.25, 0.3) is 22.3 Å². The molecule has 1 fully saturated rings. The second-order valence-corrected chi connectivity index (χ2v) is 12.4. The molecule has 1 saturated heterocycles. The number of nitrogens with one attached hydrogen (secondary N) is 2. The van der Waals surface area contributed by atoms with Gasteiger partial charge < -0.3 is 20.1 Å². The zero-order chi connectivity index (χ0) is 29.7. The Morgan fingerprint density at radius 2 is 1.91 bits per heavy atom. The lowest BCUT2D eigenvalue weighted by atomic mass is 9.86. The summed E-state index contributed by atoms with van der Waals surface area (Å²) < 4.78 is 13.8. The normalized spacial score (nSPS) is 19.2. The fourth-order valence-corrected chi connectivity index (χ4v) is 6.40. The fourth-order valence-electron chi connectivity index (χ4n) is 5.81. The maximum absolute atomic E-state index is 14.3. The van der Waals surface area contributed by atoms with Crippen molar-refractivity contribution in [1.29, 1.82) is 0 Å². The molecule has 2 aliphatic rings. The zero-order valence-corrected chi connectivity index (χ0v) is 24.8. The van der Waals surface area contributed by atoms with Gasteiger partial charge in [-0.05, 0) is 76.2 Å². The SMILES string of the molecule is Cc1scnc1-c1cc2cnc(Nc3ccc(OC4CCNC4)cc3)nc2n(C2C(=O)c3ccccc3OC2(C)C)c1=O. The number of hydrogen-bond donors (Lipinski definition) is 2. The summed E-state index contributed by atoms with van der Waals surface area (Å²) in [4.78, 5) is 43.1. The number of anilines is 2. The quantitative estimate of drug-likeness (QED) is 0.270. The molecule has 2 atom stereocenters. The van der Waals surface area contributed by atoms with Gasteiger partial charge in [-0.1, -0.05) is 12.1 Å². The minimum Gasteiger partial charge on any atom is -0.489 e. The Bertz CT molecular complexity index is 1910. The van der Waals surface area contributed by atoms with E-state index in [-0.39, 0.29) is 23.4 Å². The third-order valence-electron chi connectivity index (χ3n) is 7.89. The molecule has 0 radical (unpaired) electrons. The minimum absolute atomic E-state index is 0.167. The van der Waals surface area contributed by atoms with Crippen molar-refractivity contribution in [3.8, 4) is 22.8 Å². The average molecular weight is 595 g/mol. The molecule has 0 saturated carbocycles. The number of nitrogens with zero attached hydrogens (tertiary/aromatic N) is 4. The number of carbonyl (C=O) groups is 1. The van der Waals surface area contributed by atoms with Crippen molar-refractivity contribution in [2.45, 2.75) is 44.9 Å². The van der Waals surface area contributed by atoms with Crippen molar-refractivity contribution < 1.29 is 14.3 Å². The number of ketones is 1. The summed E-state index contributed by atoms with van der Waals surface area (Å²) in [7, 11) is 0. The van der Waals surface area contributed by atoms with E-state index >= 15 is 0 Å². The van der Waals surface area contributed by atoms with Gasteiger partial charge in [0.1, 0.15) is 34.9 Å². The van der Waals surface area contributed by atoms with E-state index in [0.29, 0.717) is 33.6 Å². The lowest BCUT2D eigenvalue weighted by molar-refractivity contribution is 0.0305. The molecule has 7 rings (SSSR count). The zero-order valence-electron chi connectivity index (χ0n) is 24.0. The number of fused-ring (bicyclic) bond motifs is 2. The summed E-state index contributed by atoms with van der Waals surface area (Å²) in [5.74, 6) is 1.35. The molecular weight excluding hydrogens is 564 g/mol. The molecule has 0 spiro atoms. The van der Waals surface area contributed by atoms with E-state index in [9.17, 15) is 9.59 Å². The molecule has 2 unspecified atom stereocenters. The number of hydrogen-bond acceptors (Lipinski definition) is 10. The van der Waals surface area contributed by atoms with Crippen molar-refractivity contribution >= 4 is 39.8 Å². The van der Waals surface area contributed by atoms with Crippen molar-refractivity contribution in [3.05, 3.63) is 87.1 Å². The predicted molar refractivity (Wildman–Crippen MR) is 166 cm³/mol. The van der Waals surface area contributed by atoms with E-state index in [2.05, 4.69) is 20.6 Å². The van der Waals surface area contributed by atoms with Crippen LogP contribution in [0.5, 0.6) is 11.5 Å². The Balaban J connectivity index is 1.33. The lowest BCUT2D eigenvalue weighted by Gasteiger charge is -2.39. The molecule has 11 heteroatoms. The molecular formula is C32H30N6O4S. The van der Waals surface area contributed by atoms with Crippen LogP contribution in [0.3, 0.4) is 0 Å². The number of aromatic nitrogens is 4. The smallest absolute Gasteiger partial charge is 0.262 e. The van der Waals surface area contributed by atoms with Gasteiger partial charge in [-0.15, -0.1) is 11.3 Å². The molecule has 218 valence electrons. The standard InChI is InChI=1S/C32H30N6O4S/c1-18-26(35-17-43-18)24-14-19-15-34-31(36-20-8-10-21(11-9-20)41-22-12-13-33-16-22)37-29(19)38(30(24)40)28-27(39)23-6-4-5-7-25(23)42-32(28,2)3/h4-11,14-15,17,22,28,33H,12-13,16H2,1-3H3,(H,34,36,37). The van der Waals surface area contributed by atoms with Crippen LogP contribution in [-0.2, 0) is 0 Å². The maximum atomic E-state index is 14.3. The van der Waals surface area contributed by atoms with Gasteiger partial charge in [-0.2, -0.15) is 4.98 Å². The first-order chi connectivity index (χ1) is 20.8. The molecule has 43 heavy (non-hydrogen) atoms. The summed E-state index contributed by atoms with van der Waals surface area (Å²) in [5.41, 5.74) is 2.73. The van der Waals surface area contributed by atoms with Crippen LogP contribution in [0.15, 0.2) is 71.1 Å². The molecule has 2 aliphatic heterocycles. The number of rotatable bonds is 6. The third-order valence-corrected chi connectivity index (χ3v) is 8.65. The Morgan fingerprint density at radius 3 is 2.65 bits per heavy atom. The average Bonchev–Trinajstić information content (AvgIpc) is 3.66. The molecule has 10 nitrogen and oxygen atoms in total. The summed E-state index contributed by atoms with van der Waals surface area (Å²) in [6.07, 6.45) is 2.80. The van der Waals surface area contributed by atoms with Crippen molar-refractivity contribution in [3.63, 3.8) is 0 Å². The summed E-state index contributed by atoms with van der Waals surface area (Å²) >= 11 is 1.45. The van der Waals surface area contributed by atoms with Gasteiger partial charge in [0.15, 0.2) is 5.78 Å². The topological polar surface area (TPSA) is 120 Å². The first kappa shape index (κ1) is 27.2. The predicted octanol–water partition coefficient (Wildman–Crippen LogP) is 5.30. The highest BCUT2D eigenvalue weighted by Gasteiger charge is 2.46. The van der Waals surface area contributed by atoms with Crippen LogP contribution in [-0.4, -0.2) is 50.1 Å². The van der Waals surface area contributed by atoms with Gasteiger partial charge in [0.25, 0.3) is 5.56 Å². The summed E-state index contributed by atoms with van der Waals surface area (Å²) in [5, 5.41) is 7.13. The number of pyridine rings is 1. The van der Waals surface area contributed by atoms with E-state index in [0.717, 1.165) is 35.8 Å². The number of para-hydroxylation sites is 1. The molecule has 5 heterocycles. The first-order valence-corrected chi connectivity index (χ1v) is 15.1. The van der Waals surface area contributed by atoms with Crippen LogP contribution in [0.1, 0.15) is 41.5 Å². The van der Waals surface area contributed by atoms with Gasteiger partial charge in [-0.25, -0.2) is 9.97 Å². The molecule has 2 N–H and O–H groups in total. The second-order valence-electron chi connectivity index (χ2n) is 11.3. The summed E-state index contributed by atoms with van der Waals surface area (Å²) in [6.45, 7) is 7.35. The number of carbonyl (C=O) groups excluding carboxylic acids is 1. The number of ether oxygens (including phenoxy) is 2. The third kappa shape index (κ3) is 4.94. The maximum Gasteiger partial charge on any atom is 0.262 e. The van der Waals surface area contributed by atoms with E-state index in [1.54, 1.807) is 36.0 Å². The second kappa shape index (κ2) is 10.6. The number of Topliss-reactive ketones (excluding diaryl/α,β-unsaturated/α-hetero) is 1. The largest absolute Gasteiger partial charge is 0.489 e. The van der Waals surface area contributed by atoms with Gasteiger partial charge in [0.05, 0.1) is 22.3 Å². The molecule has 3 aromatic heterocycles. The number of benzene rings is 2. The van der Waals surface area contributed by atoms with Crippen molar-refractivity contribution in [2.75, 3.05) is 18.4 Å². The van der Waals surface area contributed by atoms with Gasteiger partial charge >= 0.3 is 0 Å².